The van der Waals surface area contributed by atoms with Crippen LogP contribution >= 0.6 is 39.9 Å². The summed E-state index contributed by atoms with van der Waals surface area (Å²) >= 11 is 9.13. The van der Waals surface area contributed by atoms with Crippen LogP contribution in [-0.4, -0.2) is 58.8 Å². The lowest BCUT2D eigenvalue weighted by Crippen LogP contribution is -2.39. The summed E-state index contributed by atoms with van der Waals surface area (Å²) in [6, 6.07) is 4.70. The Hall–Kier alpha value is -1.80. The molecule has 28 heavy (non-hydrogen) atoms. The van der Waals surface area contributed by atoms with E-state index in [4.69, 9.17) is 12.2 Å². The molecule has 0 saturated carbocycles. The highest BCUT2D eigenvalue weighted by Gasteiger charge is 2.42. The van der Waals surface area contributed by atoms with Gasteiger partial charge in [-0.05, 0) is 18.2 Å². The van der Waals surface area contributed by atoms with Crippen LogP contribution < -0.4 is 10.0 Å². The number of halogens is 1. The maximum atomic E-state index is 12.9. The van der Waals surface area contributed by atoms with Gasteiger partial charge in [0.25, 0.3) is 11.8 Å². The Bertz CT molecular complexity index is 1070. The number of aliphatic carboxylic acids is 1. The third-order valence-electron chi connectivity index (χ3n) is 3.91. The molecule has 2 heterocycles. The maximum absolute atomic E-state index is 12.9. The minimum absolute atomic E-state index is 0.00107. The quantitative estimate of drug-likeness (QED) is 0.299. The number of thiocarbonyl (C=S) groups is 1. The molecule has 0 unspecified atom stereocenters. The number of benzene rings is 1. The van der Waals surface area contributed by atoms with Crippen LogP contribution in [0.5, 0.6) is 0 Å². The molecule has 1 fully saturated rings. The Morgan fingerprint density at radius 3 is 2.50 bits per heavy atom. The van der Waals surface area contributed by atoms with Gasteiger partial charge in [0, 0.05) is 16.6 Å². The highest BCUT2D eigenvalue weighted by atomic mass is 79.9. The first-order valence-corrected chi connectivity index (χ1v) is 11.1. The van der Waals surface area contributed by atoms with E-state index in [1.807, 2.05) is 0 Å². The van der Waals surface area contributed by atoms with Gasteiger partial charge in [0.1, 0.15) is 4.32 Å². The van der Waals surface area contributed by atoms with E-state index in [9.17, 15) is 32.5 Å². The monoisotopic (exact) mass is 504 g/mol. The second-order valence-electron chi connectivity index (χ2n) is 5.72. The van der Waals surface area contributed by atoms with Crippen molar-refractivity contribution in [2.75, 3.05) is 23.7 Å². The normalized spacial score (nSPS) is 19.6. The number of anilines is 1. The summed E-state index contributed by atoms with van der Waals surface area (Å²) < 4.78 is 33.2. The fourth-order valence-corrected chi connectivity index (χ4v) is 4.90. The number of hydrogen-bond donors (Lipinski definition) is 0. The van der Waals surface area contributed by atoms with Crippen molar-refractivity contribution in [3.8, 4) is 0 Å². The molecule has 2 amide bonds. The summed E-state index contributed by atoms with van der Waals surface area (Å²) in [5.74, 6) is -3.73. The Morgan fingerprint density at radius 1 is 1.21 bits per heavy atom. The molecule has 13 heteroatoms. The van der Waals surface area contributed by atoms with Crippen molar-refractivity contribution in [3.63, 3.8) is 0 Å². The second-order valence-corrected chi connectivity index (χ2v) is 9.80. The van der Waals surface area contributed by atoms with Crippen molar-refractivity contribution < 1.29 is 32.5 Å². The van der Waals surface area contributed by atoms with Crippen molar-refractivity contribution in [1.82, 2.24) is 4.90 Å². The third-order valence-corrected chi connectivity index (χ3v) is 6.53. The lowest BCUT2D eigenvalue weighted by Gasteiger charge is -2.17. The highest BCUT2D eigenvalue weighted by molar-refractivity contribution is 9.10. The molecule has 3 rings (SSSR count). The van der Waals surface area contributed by atoms with E-state index in [0.29, 0.717) is 15.7 Å². The van der Waals surface area contributed by atoms with Gasteiger partial charge >= 0.3 is 0 Å². The molecule has 0 spiro atoms. The van der Waals surface area contributed by atoms with Crippen LogP contribution in [0.4, 0.5) is 5.69 Å². The van der Waals surface area contributed by atoms with Gasteiger partial charge in [-0.2, -0.15) is 0 Å². The number of carbonyl (C=O) groups is 3. The largest absolute Gasteiger partial charge is 0.748 e. The summed E-state index contributed by atoms with van der Waals surface area (Å²) in [6.07, 6.45) is 0. The van der Waals surface area contributed by atoms with E-state index in [-0.39, 0.29) is 14.8 Å². The van der Waals surface area contributed by atoms with Crippen LogP contribution in [0.1, 0.15) is 5.56 Å². The highest BCUT2D eigenvalue weighted by Crippen LogP contribution is 2.45. The first-order valence-electron chi connectivity index (χ1n) is 7.52. The predicted molar refractivity (Wildman–Crippen MR) is 105 cm³/mol. The summed E-state index contributed by atoms with van der Waals surface area (Å²) in [7, 11) is -4.56. The molecule has 0 aromatic heterocycles. The number of carboxylic acids is 1. The van der Waals surface area contributed by atoms with Gasteiger partial charge < -0.3 is 19.4 Å². The van der Waals surface area contributed by atoms with E-state index >= 15 is 0 Å². The third kappa shape index (κ3) is 3.98. The van der Waals surface area contributed by atoms with Crippen LogP contribution in [0.15, 0.2) is 27.6 Å². The van der Waals surface area contributed by atoms with Crippen LogP contribution in [0.3, 0.4) is 0 Å². The van der Waals surface area contributed by atoms with Crippen molar-refractivity contribution in [3.05, 3.63) is 33.1 Å². The smallest absolute Gasteiger partial charge is 0.267 e. The molecule has 9 nitrogen and oxygen atoms in total. The van der Waals surface area contributed by atoms with E-state index in [2.05, 4.69) is 15.9 Å². The number of carbonyl (C=O) groups excluding carboxylic acids is 3. The molecule has 2 aliphatic rings. The Balaban J connectivity index is 2.07. The SMILES string of the molecule is O=C([O-])CN1C(=O)/C(=C2/SC(=S)N(CCS(=O)(=O)[O-])C2=O)c2cc(Br)ccc21. The molecular formula is C15H9BrN2O7S3-2. The average Bonchev–Trinajstić information content (AvgIpc) is 2.98. The molecule has 148 valence electrons. The lowest BCUT2D eigenvalue weighted by atomic mass is 10.1. The maximum Gasteiger partial charge on any atom is 0.267 e. The summed E-state index contributed by atoms with van der Waals surface area (Å²) in [4.78, 5) is 38.5. The molecule has 0 atom stereocenters. The number of thioether (sulfide) groups is 1. The molecule has 2 aliphatic heterocycles. The molecule has 0 N–H and O–H groups in total. The minimum atomic E-state index is -4.56. The standard InChI is InChI=1S/C15H11BrN2O7S3/c16-7-1-2-9-8(5-7)11(13(21)18(9)6-10(19)20)12-14(22)17(15(26)27-12)3-4-28(23,24)25/h1-2,5H,3-4,6H2,(H,19,20)(H,23,24,25)/p-2/b12-11+. The number of carboxylic acid groups (broad SMARTS) is 1. The van der Waals surface area contributed by atoms with Crippen molar-refractivity contribution in [2.45, 2.75) is 0 Å². The van der Waals surface area contributed by atoms with Gasteiger partial charge in [-0.3, -0.25) is 14.5 Å². The van der Waals surface area contributed by atoms with E-state index in [0.717, 1.165) is 21.6 Å². The minimum Gasteiger partial charge on any atom is -0.748 e. The lowest BCUT2D eigenvalue weighted by molar-refractivity contribution is -0.303. The molecule has 0 bridgehead atoms. The van der Waals surface area contributed by atoms with Crippen LogP contribution in [-0.2, 0) is 24.5 Å². The van der Waals surface area contributed by atoms with Gasteiger partial charge in [0.15, 0.2) is 0 Å². The summed E-state index contributed by atoms with van der Waals surface area (Å²) in [5, 5.41) is 11.0. The van der Waals surface area contributed by atoms with Gasteiger partial charge in [-0.1, -0.05) is 39.9 Å². The van der Waals surface area contributed by atoms with Crippen LogP contribution in [0, 0.1) is 0 Å². The van der Waals surface area contributed by atoms with Crippen molar-refractivity contribution in [1.29, 1.82) is 0 Å². The predicted octanol–water partition coefficient (Wildman–Crippen LogP) is -0.338. The molecule has 0 radical (unpaired) electrons. The molecule has 1 aromatic carbocycles. The molecule has 1 aromatic rings. The average molecular weight is 505 g/mol. The Kier molecular flexibility index (Phi) is 5.64. The van der Waals surface area contributed by atoms with Gasteiger partial charge in [0.05, 0.1) is 44.6 Å². The molecular weight excluding hydrogens is 496 g/mol. The van der Waals surface area contributed by atoms with Gasteiger partial charge in [0.2, 0.25) is 0 Å². The number of nitrogens with zero attached hydrogens (tertiary/aromatic N) is 2. The number of amides is 2. The van der Waals surface area contributed by atoms with Crippen LogP contribution in [0.25, 0.3) is 5.57 Å². The number of hydrogen-bond acceptors (Lipinski definition) is 9. The Morgan fingerprint density at radius 2 is 1.89 bits per heavy atom. The number of rotatable bonds is 5. The fourth-order valence-electron chi connectivity index (χ4n) is 2.75. The van der Waals surface area contributed by atoms with Gasteiger partial charge in [-0.15, -0.1) is 0 Å². The number of fused-ring (bicyclic) bond motifs is 1. The van der Waals surface area contributed by atoms with Crippen molar-refractivity contribution >= 4 is 83.4 Å². The zero-order chi connectivity index (χ0) is 20.8. The van der Waals surface area contributed by atoms with E-state index in [1.165, 1.54) is 6.07 Å². The zero-order valence-electron chi connectivity index (χ0n) is 13.7. The first kappa shape index (κ1) is 20.9. The first-order chi connectivity index (χ1) is 13.0. The summed E-state index contributed by atoms with van der Waals surface area (Å²) in [5.41, 5.74) is 0.583. The zero-order valence-corrected chi connectivity index (χ0v) is 17.7. The van der Waals surface area contributed by atoms with E-state index < -0.39 is 46.7 Å². The molecule has 1 saturated heterocycles. The fraction of sp³-hybridized carbons (Fsp3) is 0.200. The van der Waals surface area contributed by atoms with Gasteiger partial charge in [-0.25, -0.2) is 8.42 Å². The molecule has 0 aliphatic carbocycles. The summed E-state index contributed by atoms with van der Waals surface area (Å²) in [6.45, 7) is -1.14. The van der Waals surface area contributed by atoms with E-state index in [1.54, 1.807) is 12.1 Å². The Labute approximate surface area is 177 Å². The topological polar surface area (TPSA) is 138 Å². The van der Waals surface area contributed by atoms with Crippen molar-refractivity contribution in [2.24, 2.45) is 0 Å². The van der Waals surface area contributed by atoms with Crippen LogP contribution in [0.2, 0.25) is 0 Å². The second kappa shape index (κ2) is 7.55.